The second-order valence-electron chi connectivity index (χ2n) is 7.19. The number of nitrogen functional groups attached to an aromatic ring is 1. The lowest BCUT2D eigenvalue weighted by molar-refractivity contribution is 0.191. The van der Waals surface area contributed by atoms with Crippen molar-refractivity contribution in [1.29, 1.82) is 0 Å². The Morgan fingerprint density at radius 2 is 2.10 bits per heavy atom. The van der Waals surface area contributed by atoms with Crippen LogP contribution in [0.15, 0.2) is 53.5 Å². The maximum atomic E-state index is 12.6. The van der Waals surface area contributed by atoms with Crippen molar-refractivity contribution in [3.8, 4) is 11.4 Å². The summed E-state index contributed by atoms with van der Waals surface area (Å²) in [5.41, 5.74) is 11.7. The van der Waals surface area contributed by atoms with Crippen LogP contribution in [-0.4, -0.2) is 26.6 Å². The first-order valence-corrected chi connectivity index (χ1v) is 11.0. The van der Waals surface area contributed by atoms with Crippen molar-refractivity contribution in [2.75, 3.05) is 17.6 Å². The summed E-state index contributed by atoms with van der Waals surface area (Å²) in [5, 5.41) is 13.8. The lowest BCUT2D eigenvalue weighted by atomic mass is 10.1. The van der Waals surface area contributed by atoms with Crippen molar-refractivity contribution in [1.82, 2.24) is 15.0 Å². The van der Waals surface area contributed by atoms with Crippen LogP contribution >= 0.6 is 22.6 Å². The smallest absolute Gasteiger partial charge is 0.261 e. The molecule has 30 heavy (non-hydrogen) atoms. The predicted molar refractivity (Wildman–Crippen MR) is 129 cm³/mol. The van der Waals surface area contributed by atoms with Gasteiger partial charge in [-0.2, -0.15) is 0 Å². The van der Waals surface area contributed by atoms with Gasteiger partial charge in [-0.1, -0.05) is 46.9 Å². The fourth-order valence-corrected chi connectivity index (χ4v) is 3.98. The second-order valence-corrected chi connectivity index (χ2v) is 7.95. The van der Waals surface area contributed by atoms with Crippen molar-refractivity contribution in [2.24, 2.45) is 0 Å². The summed E-state index contributed by atoms with van der Waals surface area (Å²) in [6, 6.07) is 13.3. The summed E-state index contributed by atoms with van der Waals surface area (Å²) in [6.45, 7) is 2.19. The molecule has 1 unspecified atom stereocenters. The Morgan fingerprint density at radius 3 is 2.90 bits per heavy atom. The van der Waals surface area contributed by atoms with Crippen LogP contribution in [0.5, 0.6) is 0 Å². The summed E-state index contributed by atoms with van der Waals surface area (Å²) in [7, 11) is 0. The number of H-pyrrole nitrogens is 2. The van der Waals surface area contributed by atoms with Gasteiger partial charge in [-0.25, -0.2) is 4.98 Å². The minimum Gasteiger partial charge on any atom is -0.399 e. The van der Waals surface area contributed by atoms with Crippen LogP contribution in [0, 0.1) is 6.92 Å². The number of imidazole rings is 1. The van der Waals surface area contributed by atoms with Crippen molar-refractivity contribution < 1.29 is 5.11 Å². The molecule has 154 valence electrons. The Hall–Kier alpha value is -2.85. The van der Waals surface area contributed by atoms with E-state index >= 15 is 0 Å². The molecule has 4 aromatic rings. The highest BCUT2D eigenvalue weighted by Crippen LogP contribution is 2.27. The summed E-state index contributed by atoms with van der Waals surface area (Å²) in [6.07, 6.45) is 0.862. The molecule has 2 heterocycles. The number of nitrogens with two attached hydrogens (primary N) is 1. The third kappa shape index (κ3) is 4.05. The highest BCUT2D eigenvalue weighted by atomic mass is 127. The molecule has 4 rings (SSSR count). The first-order valence-electron chi connectivity index (χ1n) is 9.51. The average molecular weight is 515 g/mol. The number of halogens is 1. The number of nitrogens with one attached hydrogen (secondary N) is 3. The number of aromatic nitrogens is 3. The van der Waals surface area contributed by atoms with Crippen LogP contribution in [-0.2, 0) is 4.43 Å². The standard InChI is InChI=1S/C22H22IN5O2/c1-12-7-15(24)9-17-20(12)28-21(27-17)19-16(5-6-25-22(19)30)26-11-18(29)14-4-2-3-13(8-14)10-23/h2-9,18,29H,10-11,24H2,1H3,(H,27,28)(H2,25,26,30). The third-order valence-electron chi connectivity index (χ3n) is 4.97. The zero-order chi connectivity index (χ0) is 21.3. The molecule has 2 aromatic heterocycles. The number of rotatable bonds is 6. The molecule has 7 nitrogen and oxygen atoms in total. The van der Waals surface area contributed by atoms with Gasteiger partial charge in [0.05, 0.1) is 22.8 Å². The van der Waals surface area contributed by atoms with Crippen molar-refractivity contribution in [3.63, 3.8) is 0 Å². The van der Waals surface area contributed by atoms with Crippen LogP contribution in [0.25, 0.3) is 22.4 Å². The summed E-state index contributed by atoms with van der Waals surface area (Å²) < 4.78 is 0.875. The second kappa shape index (κ2) is 8.49. The molecule has 0 fully saturated rings. The first kappa shape index (κ1) is 20.4. The number of hydrogen-bond donors (Lipinski definition) is 5. The molecule has 1 atom stereocenters. The van der Waals surface area contributed by atoms with E-state index in [1.807, 2.05) is 37.3 Å². The molecule has 0 radical (unpaired) electrons. The number of alkyl halides is 1. The lowest BCUT2D eigenvalue weighted by Crippen LogP contribution is -2.17. The number of benzene rings is 2. The number of pyridine rings is 1. The Kier molecular flexibility index (Phi) is 5.78. The van der Waals surface area contributed by atoms with Gasteiger partial charge in [-0.15, -0.1) is 0 Å². The van der Waals surface area contributed by atoms with Crippen molar-refractivity contribution in [3.05, 3.63) is 75.7 Å². The van der Waals surface area contributed by atoms with E-state index < -0.39 is 6.10 Å². The molecule has 2 aromatic carbocycles. The van der Waals surface area contributed by atoms with E-state index in [4.69, 9.17) is 5.73 Å². The maximum Gasteiger partial charge on any atom is 0.261 e. The van der Waals surface area contributed by atoms with Gasteiger partial charge in [0.1, 0.15) is 11.4 Å². The van der Waals surface area contributed by atoms with E-state index in [0.717, 1.165) is 32.2 Å². The zero-order valence-corrected chi connectivity index (χ0v) is 18.5. The molecular formula is C22H22IN5O2. The third-order valence-corrected chi connectivity index (χ3v) is 5.85. The molecule has 0 spiro atoms. The van der Waals surface area contributed by atoms with Gasteiger partial charge in [0, 0.05) is 22.9 Å². The minimum atomic E-state index is -0.710. The predicted octanol–water partition coefficient (Wildman–Crippen LogP) is 3.89. The average Bonchev–Trinajstić information content (AvgIpc) is 3.15. The van der Waals surface area contributed by atoms with Gasteiger partial charge >= 0.3 is 0 Å². The number of aryl methyl sites for hydroxylation is 1. The zero-order valence-electron chi connectivity index (χ0n) is 16.4. The topological polar surface area (TPSA) is 120 Å². The number of anilines is 2. The van der Waals surface area contributed by atoms with Gasteiger partial charge in [0.25, 0.3) is 5.56 Å². The van der Waals surface area contributed by atoms with E-state index in [2.05, 4.69) is 42.9 Å². The lowest BCUT2D eigenvalue weighted by Gasteiger charge is -2.15. The Labute approximate surface area is 186 Å². The van der Waals surface area contributed by atoms with Crippen LogP contribution in [0.3, 0.4) is 0 Å². The molecule has 6 N–H and O–H groups in total. The summed E-state index contributed by atoms with van der Waals surface area (Å²) in [5.74, 6) is 0.449. The quantitative estimate of drug-likeness (QED) is 0.152. The number of aromatic amines is 2. The Bertz CT molecular complexity index is 1260. The molecule has 0 saturated carbocycles. The molecule has 0 aliphatic heterocycles. The largest absolute Gasteiger partial charge is 0.399 e. The number of aliphatic hydroxyl groups is 1. The SMILES string of the molecule is Cc1cc(N)cc2[nH]c(-c3c(NCC(O)c4cccc(CI)c4)cc[nH]c3=O)nc12. The molecule has 0 aliphatic rings. The summed E-state index contributed by atoms with van der Waals surface area (Å²) >= 11 is 2.29. The molecule has 8 heteroatoms. The maximum absolute atomic E-state index is 12.6. The van der Waals surface area contributed by atoms with Crippen molar-refractivity contribution >= 4 is 45.0 Å². The van der Waals surface area contributed by atoms with Gasteiger partial charge in [-0.3, -0.25) is 4.79 Å². The van der Waals surface area contributed by atoms with Gasteiger partial charge in [0.15, 0.2) is 0 Å². The molecule has 0 aliphatic carbocycles. The molecule has 0 saturated heterocycles. The van der Waals surface area contributed by atoms with Crippen LogP contribution < -0.4 is 16.6 Å². The van der Waals surface area contributed by atoms with Crippen LogP contribution in [0.4, 0.5) is 11.4 Å². The summed E-state index contributed by atoms with van der Waals surface area (Å²) in [4.78, 5) is 23.1. The minimum absolute atomic E-state index is 0.257. The molecular weight excluding hydrogens is 493 g/mol. The van der Waals surface area contributed by atoms with Gasteiger partial charge < -0.3 is 26.1 Å². The van der Waals surface area contributed by atoms with E-state index in [-0.39, 0.29) is 12.1 Å². The normalized spacial score (nSPS) is 12.2. The van der Waals surface area contributed by atoms with Crippen LogP contribution in [0.1, 0.15) is 22.8 Å². The Morgan fingerprint density at radius 1 is 1.27 bits per heavy atom. The highest BCUT2D eigenvalue weighted by Gasteiger charge is 2.16. The van der Waals surface area contributed by atoms with E-state index in [0.29, 0.717) is 22.8 Å². The molecule has 0 bridgehead atoms. The van der Waals surface area contributed by atoms with E-state index in [1.165, 1.54) is 0 Å². The fourth-order valence-electron chi connectivity index (χ4n) is 3.51. The number of hydrogen-bond acceptors (Lipinski definition) is 5. The Balaban J connectivity index is 1.65. The molecule has 0 amide bonds. The number of fused-ring (bicyclic) bond motifs is 1. The van der Waals surface area contributed by atoms with Crippen molar-refractivity contribution in [2.45, 2.75) is 17.5 Å². The number of nitrogens with zero attached hydrogens (tertiary/aromatic N) is 1. The van der Waals surface area contributed by atoms with Gasteiger partial charge in [0.2, 0.25) is 0 Å². The van der Waals surface area contributed by atoms with Gasteiger partial charge in [-0.05, 0) is 41.8 Å². The fraction of sp³-hybridized carbons (Fsp3) is 0.182. The highest BCUT2D eigenvalue weighted by molar-refractivity contribution is 14.1. The first-order chi connectivity index (χ1) is 14.5. The monoisotopic (exact) mass is 515 g/mol. The van der Waals surface area contributed by atoms with E-state index in [9.17, 15) is 9.90 Å². The van der Waals surface area contributed by atoms with E-state index in [1.54, 1.807) is 18.3 Å². The van der Waals surface area contributed by atoms with Crippen LogP contribution in [0.2, 0.25) is 0 Å². The number of aliphatic hydroxyl groups excluding tert-OH is 1.